The van der Waals surface area contributed by atoms with Gasteiger partial charge in [0.15, 0.2) is 0 Å². The first-order chi connectivity index (χ1) is 8.75. The standard InChI is InChI=1S/C13H20N4O/c14-13(18)12-8-11(4-7-17-12)16-6-3-10-2-1-5-15-9-10/h4,7-8,10,15H,1-3,5-6,9H2,(H2,14,18)(H,16,17). The van der Waals surface area contributed by atoms with Gasteiger partial charge in [-0.25, -0.2) is 0 Å². The Morgan fingerprint density at radius 3 is 3.22 bits per heavy atom. The molecule has 98 valence electrons. The van der Waals surface area contributed by atoms with Crippen LogP contribution in [0.5, 0.6) is 0 Å². The molecule has 4 N–H and O–H groups in total. The number of carbonyl (C=O) groups is 1. The monoisotopic (exact) mass is 248 g/mol. The number of piperidine rings is 1. The van der Waals surface area contributed by atoms with Crippen LogP contribution in [0, 0.1) is 5.92 Å². The van der Waals surface area contributed by atoms with E-state index in [1.54, 1.807) is 12.3 Å². The molecule has 0 radical (unpaired) electrons. The Labute approximate surface area is 107 Å². The molecule has 1 aromatic heterocycles. The number of nitrogens with two attached hydrogens (primary N) is 1. The van der Waals surface area contributed by atoms with Crippen LogP contribution in [-0.2, 0) is 0 Å². The summed E-state index contributed by atoms with van der Waals surface area (Å²) in [6, 6.07) is 3.55. The summed E-state index contributed by atoms with van der Waals surface area (Å²) < 4.78 is 0. The number of anilines is 1. The van der Waals surface area contributed by atoms with Gasteiger partial charge in [-0.15, -0.1) is 0 Å². The van der Waals surface area contributed by atoms with Crippen molar-refractivity contribution in [2.75, 3.05) is 25.0 Å². The molecule has 1 aliphatic rings. The summed E-state index contributed by atoms with van der Waals surface area (Å²) in [7, 11) is 0. The van der Waals surface area contributed by atoms with E-state index in [1.807, 2.05) is 6.07 Å². The molecule has 0 bridgehead atoms. The zero-order valence-electron chi connectivity index (χ0n) is 10.5. The molecule has 1 unspecified atom stereocenters. The van der Waals surface area contributed by atoms with Crippen molar-refractivity contribution in [2.45, 2.75) is 19.3 Å². The second-order valence-corrected chi connectivity index (χ2v) is 4.72. The summed E-state index contributed by atoms with van der Waals surface area (Å²) in [4.78, 5) is 14.9. The number of aromatic nitrogens is 1. The lowest BCUT2D eigenvalue weighted by Gasteiger charge is -2.22. The van der Waals surface area contributed by atoms with E-state index in [1.165, 1.54) is 12.8 Å². The van der Waals surface area contributed by atoms with Crippen LogP contribution in [0.3, 0.4) is 0 Å². The molecule has 1 saturated heterocycles. The second kappa shape index (κ2) is 6.35. The SMILES string of the molecule is NC(=O)c1cc(NCCC2CCCNC2)ccn1. The number of amides is 1. The van der Waals surface area contributed by atoms with Gasteiger partial charge in [0.1, 0.15) is 5.69 Å². The van der Waals surface area contributed by atoms with Crippen LogP contribution in [0.25, 0.3) is 0 Å². The fraction of sp³-hybridized carbons (Fsp3) is 0.538. The minimum atomic E-state index is -0.491. The summed E-state index contributed by atoms with van der Waals surface area (Å²) in [5, 5.41) is 6.72. The molecule has 2 heterocycles. The predicted molar refractivity (Wildman–Crippen MR) is 71.5 cm³/mol. The molecule has 0 saturated carbocycles. The molecule has 1 aromatic rings. The molecule has 1 aliphatic heterocycles. The normalized spacial score (nSPS) is 19.4. The fourth-order valence-electron chi connectivity index (χ4n) is 2.27. The van der Waals surface area contributed by atoms with Crippen molar-refractivity contribution in [3.8, 4) is 0 Å². The van der Waals surface area contributed by atoms with Crippen molar-refractivity contribution >= 4 is 11.6 Å². The van der Waals surface area contributed by atoms with Gasteiger partial charge in [0, 0.05) is 18.4 Å². The first-order valence-corrected chi connectivity index (χ1v) is 6.46. The summed E-state index contributed by atoms with van der Waals surface area (Å²) in [5.41, 5.74) is 6.40. The van der Waals surface area contributed by atoms with E-state index in [0.29, 0.717) is 5.69 Å². The van der Waals surface area contributed by atoms with Gasteiger partial charge in [-0.05, 0) is 50.4 Å². The molecule has 1 fully saturated rings. The van der Waals surface area contributed by atoms with E-state index >= 15 is 0 Å². The minimum Gasteiger partial charge on any atom is -0.385 e. The van der Waals surface area contributed by atoms with Crippen molar-refractivity contribution in [1.29, 1.82) is 0 Å². The Morgan fingerprint density at radius 1 is 1.61 bits per heavy atom. The topological polar surface area (TPSA) is 80.0 Å². The Balaban J connectivity index is 1.78. The molecule has 1 amide bonds. The van der Waals surface area contributed by atoms with E-state index in [0.717, 1.165) is 37.7 Å². The third-order valence-electron chi connectivity index (χ3n) is 3.29. The summed E-state index contributed by atoms with van der Waals surface area (Å²) in [5.74, 6) is 0.263. The van der Waals surface area contributed by atoms with Crippen LogP contribution >= 0.6 is 0 Å². The maximum atomic E-state index is 11.0. The highest BCUT2D eigenvalue weighted by molar-refractivity contribution is 5.91. The Hall–Kier alpha value is -1.62. The Kier molecular flexibility index (Phi) is 4.52. The Bertz CT molecular complexity index is 402. The van der Waals surface area contributed by atoms with Gasteiger partial charge in [0.05, 0.1) is 0 Å². The highest BCUT2D eigenvalue weighted by Crippen LogP contribution is 2.14. The molecular formula is C13H20N4O. The first kappa shape index (κ1) is 12.8. The zero-order valence-corrected chi connectivity index (χ0v) is 10.5. The second-order valence-electron chi connectivity index (χ2n) is 4.72. The van der Waals surface area contributed by atoms with Crippen LogP contribution in [0.4, 0.5) is 5.69 Å². The number of hydrogen-bond acceptors (Lipinski definition) is 4. The summed E-state index contributed by atoms with van der Waals surface area (Å²) >= 11 is 0. The molecule has 18 heavy (non-hydrogen) atoms. The van der Waals surface area contributed by atoms with Gasteiger partial charge in [-0.2, -0.15) is 0 Å². The average Bonchev–Trinajstić information content (AvgIpc) is 2.40. The molecule has 0 aliphatic carbocycles. The highest BCUT2D eigenvalue weighted by atomic mass is 16.1. The summed E-state index contributed by atoms with van der Waals surface area (Å²) in [6.07, 6.45) is 5.31. The quantitative estimate of drug-likeness (QED) is 0.725. The van der Waals surface area contributed by atoms with E-state index in [-0.39, 0.29) is 0 Å². The van der Waals surface area contributed by atoms with E-state index in [4.69, 9.17) is 5.73 Å². The molecule has 5 nitrogen and oxygen atoms in total. The third kappa shape index (κ3) is 3.70. The predicted octanol–water partition coefficient (Wildman–Crippen LogP) is 0.982. The first-order valence-electron chi connectivity index (χ1n) is 6.46. The van der Waals surface area contributed by atoms with Crippen LogP contribution in [0.2, 0.25) is 0 Å². The smallest absolute Gasteiger partial charge is 0.267 e. The van der Waals surface area contributed by atoms with Gasteiger partial charge >= 0.3 is 0 Å². The number of nitrogens with zero attached hydrogens (tertiary/aromatic N) is 1. The van der Waals surface area contributed by atoms with E-state index in [2.05, 4.69) is 15.6 Å². The highest BCUT2D eigenvalue weighted by Gasteiger charge is 2.12. The van der Waals surface area contributed by atoms with Crippen LogP contribution < -0.4 is 16.4 Å². The zero-order chi connectivity index (χ0) is 12.8. The van der Waals surface area contributed by atoms with Crippen molar-refractivity contribution in [3.63, 3.8) is 0 Å². The van der Waals surface area contributed by atoms with Crippen LogP contribution in [-0.4, -0.2) is 30.5 Å². The number of pyridine rings is 1. The fourth-order valence-corrected chi connectivity index (χ4v) is 2.27. The van der Waals surface area contributed by atoms with Gasteiger partial charge in [0.2, 0.25) is 0 Å². The van der Waals surface area contributed by atoms with Gasteiger partial charge in [0.25, 0.3) is 5.91 Å². The molecule has 1 atom stereocenters. The van der Waals surface area contributed by atoms with Crippen molar-refractivity contribution in [2.24, 2.45) is 11.7 Å². The maximum absolute atomic E-state index is 11.0. The lowest BCUT2D eigenvalue weighted by Crippen LogP contribution is -2.30. The number of nitrogens with one attached hydrogen (secondary N) is 2. The van der Waals surface area contributed by atoms with Gasteiger partial charge in [-0.3, -0.25) is 9.78 Å². The molecule has 0 aromatic carbocycles. The van der Waals surface area contributed by atoms with Crippen LogP contribution in [0.1, 0.15) is 29.8 Å². The van der Waals surface area contributed by atoms with Crippen molar-refractivity contribution < 1.29 is 4.79 Å². The van der Waals surface area contributed by atoms with E-state index < -0.39 is 5.91 Å². The summed E-state index contributed by atoms with van der Waals surface area (Å²) in [6.45, 7) is 3.18. The van der Waals surface area contributed by atoms with Crippen LogP contribution in [0.15, 0.2) is 18.3 Å². The molecular weight excluding hydrogens is 228 g/mol. The Morgan fingerprint density at radius 2 is 2.50 bits per heavy atom. The molecule has 2 rings (SSSR count). The largest absolute Gasteiger partial charge is 0.385 e. The maximum Gasteiger partial charge on any atom is 0.267 e. The number of hydrogen-bond donors (Lipinski definition) is 3. The molecule has 5 heteroatoms. The lowest BCUT2D eigenvalue weighted by molar-refractivity contribution is 0.0995. The van der Waals surface area contributed by atoms with Gasteiger partial charge in [-0.1, -0.05) is 0 Å². The van der Waals surface area contributed by atoms with Crippen molar-refractivity contribution in [3.05, 3.63) is 24.0 Å². The van der Waals surface area contributed by atoms with Crippen molar-refractivity contribution in [1.82, 2.24) is 10.3 Å². The third-order valence-corrected chi connectivity index (χ3v) is 3.29. The average molecular weight is 248 g/mol. The van der Waals surface area contributed by atoms with E-state index in [9.17, 15) is 4.79 Å². The number of primary amides is 1. The number of carbonyl (C=O) groups excluding carboxylic acids is 1. The lowest BCUT2D eigenvalue weighted by atomic mass is 9.96. The van der Waals surface area contributed by atoms with Gasteiger partial charge < -0.3 is 16.4 Å². The molecule has 0 spiro atoms. The minimum absolute atomic E-state index is 0.305. The number of rotatable bonds is 5.